The van der Waals surface area contributed by atoms with Crippen LogP contribution in [-0.2, 0) is 4.79 Å². The van der Waals surface area contributed by atoms with Gasteiger partial charge in [-0.15, -0.1) is 0 Å². The Morgan fingerprint density at radius 2 is 2.38 bits per heavy atom. The van der Waals surface area contributed by atoms with Crippen LogP contribution < -0.4 is 11.1 Å². The Morgan fingerprint density at radius 1 is 1.75 bits per heavy atom. The van der Waals surface area contributed by atoms with Gasteiger partial charge in [0.05, 0.1) is 6.04 Å². The lowest BCUT2D eigenvalue weighted by Crippen LogP contribution is -2.56. The van der Waals surface area contributed by atoms with Crippen molar-refractivity contribution >= 4 is 11.7 Å². The maximum atomic E-state index is 12.1. The Morgan fingerprint density at radius 3 is 2.88 bits per heavy atom. The first-order valence-corrected chi connectivity index (χ1v) is 5.79. The molecule has 3 unspecified atom stereocenters. The summed E-state index contributed by atoms with van der Waals surface area (Å²) in [5.41, 5.74) is 3.91. The number of carbonyl (C=O) groups excluding carboxylic acids is 1. The predicted octanol–water partition coefficient (Wildman–Crippen LogP) is 0.368. The monoisotopic (exact) mass is 227 g/mol. The van der Waals surface area contributed by atoms with Gasteiger partial charge in [0.25, 0.3) is 0 Å². The molecule has 0 radical (unpaired) electrons. The molecular weight excluding hydrogens is 206 g/mol. The largest absolute Gasteiger partial charge is 0.380 e. The van der Waals surface area contributed by atoms with Gasteiger partial charge >= 0.3 is 0 Å². The molecule has 1 fully saturated rings. The van der Waals surface area contributed by atoms with E-state index >= 15 is 0 Å². The average Bonchev–Trinajstić information content (AvgIpc) is 2.58. The summed E-state index contributed by atoms with van der Waals surface area (Å²) in [6, 6.07) is -0.411. The van der Waals surface area contributed by atoms with Crippen LogP contribution >= 0.6 is 0 Å². The van der Waals surface area contributed by atoms with Gasteiger partial charge in [-0.2, -0.15) is 0 Å². The van der Waals surface area contributed by atoms with Gasteiger partial charge in [0, 0.05) is 5.92 Å². The number of hydrogen-bond acceptors (Lipinski definition) is 3. The van der Waals surface area contributed by atoms with E-state index in [1.165, 1.54) is 0 Å². The molecule has 1 aliphatic rings. The molecule has 0 aromatic rings. The smallest absolute Gasteiger partial charge is 0.186 e. The highest BCUT2D eigenvalue weighted by molar-refractivity contribution is 5.91. The number of guanidine groups is 1. The molecule has 0 aliphatic heterocycles. The van der Waals surface area contributed by atoms with E-state index in [4.69, 9.17) is 11.1 Å². The molecule has 5 heteroatoms. The van der Waals surface area contributed by atoms with E-state index < -0.39 is 11.6 Å². The molecule has 0 heterocycles. The van der Waals surface area contributed by atoms with Crippen molar-refractivity contribution in [1.29, 1.82) is 5.41 Å². The minimum absolute atomic E-state index is 0.133. The zero-order chi connectivity index (χ0) is 12.3. The van der Waals surface area contributed by atoms with Crippen LogP contribution in [0.15, 0.2) is 0 Å². The van der Waals surface area contributed by atoms with Crippen LogP contribution in [0.3, 0.4) is 0 Å². The van der Waals surface area contributed by atoms with Crippen molar-refractivity contribution < 1.29 is 9.90 Å². The number of rotatable bonds is 4. The molecule has 0 aromatic carbocycles. The number of nitrogens with one attached hydrogen (secondary N) is 2. The highest BCUT2D eigenvalue weighted by atomic mass is 16.3. The van der Waals surface area contributed by atoms with Gasteiger partial charge < -0.3 is 16.2 Å². The standard InChI is InChI=1S/C11H21N3O2/c1-3-7(2)9(15)11(16)6-4-5-8(11)14-10(12)13/h7-8,16H,3-6H2,1-2H3,(H4,12,13,14). The van der Waals surface area contributed by atoms with E-state index in [0.29, 0.717) is 19.3 Å². The Hall–Kier alpha value is -1.10. The summed E-state index contributed by atoms with van der Waals surface area (Å²) in [5, 5.41) is 20.3. The molecule has 1 saturated carbocycles. The molecule has 5 nitrogen and oxygen atoms in total. The van der Waals surface area contributed by atoms with E-state index in [-0.39, 0.29) is 17.7 Å². The summed E-state index contributed by atoms with van der Waals surface area (Å²) in [7, 11) is 0. The first-order chi connectivity index (χ1) is 7.41. The third-order valence-electron chi connectivity index (χ3n) is 3.44. The number of carbonyl (C=O) groups is 1. The summed E-state index contributed by atoms with van der Waals surface area (Å²) in [4.78, 5) is 12.1. The van der Waals surface area contributed by atoms with Crippen LogP contribution in [0.25, 0.3) is 0 Å². The fourth-order valence-corrected chi connectivity index (χ4v) is 2.27. The summed E-state index contributed by atoms with van der Waals surface area (Å²) in [6.45, 7) is 3.75. The number of Topliss-reactive ketones (excluding diaryl/α,β-unsaturated/α-hetero) is 1. The second-order valence-electron chi connectivity index (χ2n) is 4.60. The fraction of sp³-hybridized carbons (Fsp3) is 0.818. The van der Waals surface area contributed by atoms with Crippen LogP contribution in [0.4, 0.5) is 0 Å². The molecule has 3 atom stereocenters. The zero-order valence-electron chi connectivity index (χ0n) is 9.92. The zero-order valence-corrected chi connectivity index (χ0v) is 9.92. The predicted molar refractivity (Wildman–Crippen MR) is 62.1 cm³/mol. The van der Waals surface area contributed by atoms with Gasteiger partial charge in [0.2, 0.25) is 0 Å². The number of aliphatic hydroxyl groups is 1. The molecule has 0 aromatic heterocycles. The van der Waals surface area contributed by atoms with Crippen molar-refractivity contribution in [3.63, 3.8) is 0 Å². The van der Waals surface area contributed by atoms with Crippen LogP contribution in [0.5, 0.6) is 0 Å². The highest BCUT2D eigenvalue weighted by Crippen LogP contribution is 2.33. The molecule has 0 saturated heterocycles. The summed E-state index contributed by atoms with van der Waals surface area (Å²) >= 11 is 0. The van der Waals surface area contributed by atoms with E-state index in [2.05, 4.69) is 5.32 Å². The van der Waals surface area contributed by atoms with Gasteiger partial charge in [-0.25, -0.2) is 0 Å². The Kier molecular flexibility index (Phi) is 3.91. The van der Waals surface area contributed by atoms with E-state index in [9.17, 15) is 9.90 Å². The minimum atomic E-state index is -1.35. The van der Waals surface area contributed by atoms with Gasteiger partial charge in [0.1, 0.15) is 5.60 Å². The molecule has 0 amide bonds. The Balaban J connectivity index is 2.81. The van der Waals surface area contributed by atoms with Crippen LogP contribution in [0.2, 0.25) is 0 Å². The average molecular weight is 227 g/mol. The topological polar surface area (TPSA) is 99.2 Å². The quantitative estimate of drug-likeness (QED) is 0.412. The van der Waals surface area contributed by atoms with Crippen molar-refractivity contribution in [2.24, 2.45) is 11.7 Å². The van der Waals surface area contributed by atoms with Crippen molar-refractivity contribution in [2.45, 2.75) is 51.2 Å². The molecule has 0 bridgehead atoms. The normalized spacial score (nSPS) is 31.1. The third-order valence-corrected chi connectivity index (χ3v) is 3.44. The Labute approximate surface area is 95.9 Å². The SMILES string of the molecule is CCC(C)C(=O)C1(O)CCCC1NC(=N)N. The molecule has 92 valence electrons. The number of hydrogen-bond donors (Lipinski definition) is 4. The van der Waals surface area contributed by atoms with E-state index in [1.54, 1.807) is 0 Å². The number of nitrogens with two attached hydrogens (primary N) is 1. The summed E-state index contributed by atoms with van der Waals surface area (Å²) in [6.07, 6.45) is 2.64. The van der Waals surface area contributed by atoms with Gasteiger partial charge in [-0.1, -0.05) is 13.8 Å². The number of ketones is 1. The third kappa shape index (κ3) is 2.35. The lowest BCUT2D eigenvalue weighted by Gasteiger charge is -2.31. The Bertz CT molecular complexity index is 293. The van der Waals surface area contributed by atoms with Gasteiger partial charge in [-0.05, 0) is 25.7 Å². The van der Waals surface area contributed by atoms with Crippen molar-refractivity contribution in [3.05, 3.63) is 0 Å². The van der Waals surface area contributed by atoms with Crippen LogP contribution in [-0.4, -0.2) is 28.5 Å². The lowest BCUT2D eigenvalue weighted by atomic mass is 9.84. The lowest BCUT2D eigenvalue weighted by molar-refractivity contribution is -0.142. The van der Waals surface area contributed by atoms with Crippen molar-refractivity contribution in [2.75, 3.05) is 0 Å². The van der Waals surface area contributed by atoms with E-state index in [1.807, 2.05) is 13.8 Å². The van der Waals surface area contributed by atoms with Crippen LogP contribution in [0, 0.1) is 11.3 Å². The highest BCUT2D eigenvalue weighted by Gasteiger charge is 2.48. The molecule has 16 heavy (non-hydrogen) atoms. The maximum Gasteiger partial charge on any atom is 0.186 e. The van der Waals surface area contributed by atoms with Crippen molar-refractivity contribution in [3.8, 4) is 0 Å². The van der Waals surface area contributed by atoms with Gasteiger partial charge in [0.15, 0.2) is 11.7 Å². The fourth-order valence-electron chi connectivity index (χ4n) is 2.27. The second-order valence-corrected chi connectivity index (χ2v) is 4.60. The summed E-state index contributed by atoms with van der Waals surface area (Å²) in [5.74, 6) is -0.479. The maximum absolute atomic E-state index is 12.1. The molecule has 1 aliphatic carbocycles. The first kappa shape index (κ1) is 13.0. The second kappa shape index (κ2) is 4.82. The first-order valence-electron chi connectivity index (χ1n) is 5.79. The minimum Gasteiger partial charge on any atom is -0.380 e. The molecular formula is C11H21N3O2. The molecule has 1 rings (SSSR count). The van der Waals surface area contributed by atoms with Crippen LogP contribution in [0.1, 0.15) is 39.5 Å². The molecule has 0 spiro atoms. The summed E-state index contributed by atoms with van der Waals surface area (Å²) < 4.78 is 0. The van der Waals surface area contributed by atoms with Gasteiger partial charge in [-0.3, -0.25) is 10.2 Å². The van der Waals surface area contributed by atoms with Crippen molar-refractivity contribution in [1.82, 2.24) is 5.32 Å². The van der Waals surface area contributed by atoms with E-state index in [0.717, 1.165) is 6.42 Å². The molecule has 5 N–H and O–H groups in total.